The first kappa shape index (κ1) is 14.6. The van der Waals surface area contributed by atoms with Gasteiger partial charge in [-0.1, -0.05) is 6.42 Å². The summed E-state index contributed by atoms with van der Waals surface area (Å²) in [5.74, 6) is 1.07. The molecule has 0 aromatic heterocycles. The van der Waals surface area contributed by atoms with Crippen LogP contribution in [0, 0.1) is 17.8 Å². The third-order valence-corrected chi connectivity index (χ3v) is 4.79. The minimum Gasteiger partial charge on any atom is -0.355 e. The molecule has 3 rings (SSSR count). The lowest BCUT2D eigenvalue weighted by atomic mass is 9.78. The van der Waals surface area contributed by atoms with E-state index in [-0.39, 0.29) is 36.2 Å². The van der Waals surface area contributed by atoms with E-state index in [9.17, 15) is 9.59 Å². The first-order valence-electron chi connectivity index (χ1n) is 6.96. The summed E-state index contributed by atoms with van der Waals surface area (Å²) in [5.41, 5.74) is 6.15. The second-order valence-electron chi connectivity index (χ2n) is 5.97. The molecule has 0 bridgehead atoms. The molecule has 2 aliphatic heterocycles. The van der Waals surface area contributed by atoms with Crippen molar-refractivity contribution in [1.29, 1.82) is 0 Å². The first-order valence-corrected chi connectivity index (χ1v) is 6.96. The van der Waals surface area contributed by atoms with E-state index >= 15 is 0 Å². The minimum absolute atomic E-state index is 0. The zero-order chi connectivity index (χ0) is 12.7. The summed E-state index contributed by atoms with van der Waals surface area (Å²) < 4.78 is 0. The maximum absolute atomic E-state index is 12.3. The van der Waals surface area contributed by atoms with Crippen molar-refractivity contribution in [3.05, 3.63) is 0 Å². The molecular weight excluding hydrogens is 266 g/mol. The van der Waals surface area contributed by atoms with Gasteiger partial charge in [0.25, 0.3) is 0 Å². The van der Waals surface area contributed by atoms with Crippen LogP contribution < -0.4 is 11.1 Å². The zero-order valence-electron chi connectivity index (χ0n) is 11.0. The van der Waals surface area contributed by atoms with Gasteiger partial charge in [-0.15, -0.1) is 12.4 Å². The third-order valence-electron chi connectivity index (χ3n) is 4.79. The normalized spacial score (nSPS) is 37.5. The molecule has 3 N–H and O–H groups in total. The van der Waals surface area contributed by atoms with E-state index in [0.717, 1.165) is 19.5 Å². The van der Waals surface area contributed by atoms with E-state index in [1.54, 1.807) is 0 Å². The van der Waals surface area contributed by atoms with Crippen molar-refractivity contribution in [3.63, 3.8) is 0 Å². The molecule has 2 saturated heterocycles. The second-order valence-corrected chi connectivity index (χ2v) is 5.97. The number of carbonyl (C=O) groups excluding carboxylic acids is 2. The van der Waals surface area contributed by atoms with Crippen LogP contribution in [0.3, 0.4) is 0 Å². The maximum Gasteiger partial charge on any atom is 0.228 e. The summed E-state index contributed by atoms with van der Waals surface area (Å²) in [6.45, 7) is 2.16. The van der Waals surface area contributed by atoms with Crippen LogP contribution in [0.5, 0.6) is 0 Å². The van der Waals surface area contributed by atoms with Crippen molar-refractivity contribution in [2.75, 3.05) is 19.6 Å². The lowest BCUT2D eigenvalue weighted by Crippen LogP contribution is -2.39. The molecule has 0 aromatic carbocycles. The lowest BCUT2D eigenvalue weighted by molar-refractivity contribution is -0.135. The van der Waals surface area contributed by atoms with Gasteiger partial charge in [0.1, 0.15) is 0 Å². The minimum atomic E-state index is -0.145. The summed E-state index contributed by atoms with van der Waals surface area (Å²) >= 11 is 0. The number of hydrogen-bond acceptors (Lipinski definition) is 3. The number of amides is 2. The molecule has 19 heavy (non-hydrogen) atoms. The first-order chi connectivity index (χ1) is 8.65. The Morgan fingerprint density at radius 1 is 1.32 bits per heavy atom. The van der Waals surface area contributed by atoms with E-state index in [1.165, 1.54) is 12.8 Å². The fraction of sp³-hybridized carbons (Fsp3) is 0.846. The van der Waals surface area contributed by atoms with Gasteiger partial charge < -0.3 is 16.0 Å². The van der Waals surface area contributed by atoms with Crippen LogP contribution >= 0.6 is 12.4 Å². The van der Waals surface area contributed by atoms with Crippen LogP contribution in [0.4, 0.5) is 0 Å². The average Bonchev–Trinajstić information content (AvgIpc) is 2.95. The number of rotatable bonds is 1. The summed E-state index contributed by atoms with van der Waals surface area (Å²) in [6.07, 6.45) is 3.83. The van der Waals surface area contributed by atoms with Gasteiger partial charge in [-0.25, -0.2) is 0 Å². The topological polar surface area (TPSA) is 75.4 Å². The summed E-state index contributed by atoms with van der Waals surface area (Å²) in [6, 6.07) is 0.255. The van der Waals surface area contributed by atoms with Crippen molar-refractivity contribution in [2.24, 2.45) is 23.5 Å². The maximum atomic E-state index is 12.3. The average molecular weight is 288 g/mol. The SMILES string of the molecule is Cl.NC1CCCC2CN(C(=O)C3CNC(=O)C3)CC12. The molecule has 4 atom stereocenters. The van der Waals surface area contributed by atoms with Crippen LogP contribution in [0.25, 0.3) is 0 Å². The molecule has 0 aromatic rings. The van der Waals surface area contributed by atoms with Gasteiger partial charge in [0.15, 0.2) is 0 Å². The Balaban J connectivity index is 0.00000133. The summed E-state index contributed by atoms with van der Waals surface area (Å²) in [7, 11) is 0. The Labute approximate surface area is 119 Å². The predicted octanol–water partition coefficient (Wildman–Crippen LogP) is 0.130. The molecule has 2 amide bonds. The van der Waals surface area contributed by atoms with Crippen molar-refractivity contribution >= 4 is 24.2 Å². The lowest BCUT2D eigenvalue weighted by Gasteiger charge is -2.29. The molecule has 2 heterocycles. The van der Waals surface area contributed by atoms with Gasteiger partial charge in [0.2, 0.25) is 11.8 Å². The van der Waals surface area contributed by atoms with Crippen molar-refractivity contribution < 1.29 is 9.59 Å². The number of halogens is 1. The monoisotopic (exact) mass is 287 g/mol. The number of likely N-dealkylation sites (tertiary alicyclic amines) is 1. The second kappa shape index (κ2) is 5.67. The number of nitrogens with one attached hydrogen (secondary N) is 1. The highest BCUT2D eigenvalue weighted by Crippen LogP contribution is 2.36. The van der Waals surface area contributed by atoms with Gasteiger partial charge in [0, 0.05) is 32.1 Å². The van der Waals surface area contributed by atoms with E-state index in [4.69, 9.17) is 5.73 Å². The smallest absolute Gasteiger partial charge is 0.228 e. The molecular formula is C13H22ClN3O2. The van der Waals surface area contributed by atoms with Gasteiger partial charge >= 0.3 is 0 Å². The van der Waals surface area contributed by atoms with E-state index in [0.29, 0.717) is 24.8 Å². The van der Waals surface area contributed by atoms with Gasteiger partial charge in [-0.2, -0.15) is 0 Å². The van der Waals surface area contributed by atoms with Gasteiger partial charge in [-0.3, -0.25) is 9.59 Å². The standard InChI is InChI=1S/C13H21N3O2.ClH/c14-11-3-1-2-8-6-16(7-10(8)11)13(18)9-4-12(17)15-5-9;/h8-11H,1-7,14H2,(H,15,17);1H. The summed E-state index contributed by atoms with van der Waals surface area (Å²) in [5, 5.41) is 2.73. The molecule has 1 saturated carbocycles. The fourth-order valence-corrected chi connectivity index (χ4v) is 3.73. The molecule has 6 heteroatoms. The van der Waals surface area contributed by atoms with E-state index in [2.05, 4.69) is 5.32 Å². The van der Waals surface area contributed by atoms with E-state index < -0.39 is 0 Å². The van der Waals surface area contributed by atoms with Crippen LogP contribution in [0.15, 0.2) is 0 Å². The Morgan fingerprint density at radius 3 is 2.74 bits per heavy atom. The highest BCUT2D eigenvalue weighted by molar-refractivity contribution is 5.89. The summed E-state index contributed by atoms with van der Waals surface area (Å²) in [4.78, 5) is 25.5. The largest absolute Gasteiger partial charge is 0.355 e. The molecule has 0 radical (unpaired) electrons. The highest BCUT2D eigenvalue weighted by atomic mass is 35.5. The van der Waals surface area contributed by atoms with E-state index in [1.807, 2.05) is 4.90 Å². The van der Waals surface area contributed by atoms with Crippen LogP contribution in [0.1, 0.15) is 25.7 Å². The van der Waals surface area contributed by atoms with Crippen molar-refractivity contribution in [3.8, 4) is 0 Å². The number of fused-ring (bicyclic) bond motifs is 1. The van der Waals surface area contributed by atoms with Crippen molar-refractivity contribution in [1.82, 2.24) is 10.2 Å². The molecule has 108 valence electrons. The number of nitrogens with zero attached hydrogens (tertiary/aromatic N) is 1. The van der Waals surface area contributed by atoms with Crippen molar-refractivity contribution in [2.45, 2.75) is 31.7 Å². The molecule has 1 aliphatic carbocycles. The highest BCUT2D eigenvalue weighted by Gasteiger charge is 2.42. The number of carbonyl (C=O) groups is 2. The van der Waals surface area contributed by atoms with Crippen LogP contribution in [-0.2, 0) is 9.59 Å². The molecule has 4 unspecified atom stereocenters. The predicted molar refractivity (Wildman–Crippen MR) is 73.8 cm³/mol. The van der Waals surface area contributed by atoms with Crippen LogP contribution in [-0.4, -0.2) is 42.4 Å². The number of nitrogens with two attached hydrogens (primary N) is 1. The molecule has 3 aliphatic rings. The number of hydrogen-bond donors (Lipinski definition) is 2. The molecule has 3 fully saturated rings. The Morgan fingerprint density at radius 2 is 2.11 bits per heavy atom. The Hall–Kier alpha value is -0.810. The molecule has 0 spiro atoms. The quantitative estimate of drug-likeness (QED) is 0.720. The van der Waals surface area contributed by atoms with Gasteiger partial charge in [0.05, 0.1) is 5.92 Å². The fourth-order valence-electron chi connectivity index (χ4n) is 3.73. The Bertz CT molecular complexity index is 377. The van der Waals surface area contributed by atoms with Gasteiger partial charge in [-0.05, 0) is 24.7 Å². The van der Waals surface area contributed by atoms with Crippen LogP contribution in [0.2, 0.25) is 0 Å². The zero-order valence-corrected chi connectivity index (χ0v) is 11.8. The Kier molecular flexibility index (Phi) is 4.36. The molecule has 5 nitrogen and oxygen atoms in total. The third kappa shape index (κ3) is 2.72.